The summed E-state index contributed by atoms with van der Waals surface area (Å²) in [6, 6.07) is 0. The van der Waals surface area contributed by atoms with E-state index in [-0.39, 0.29) is 20.4 Å². The number of hydrogen-bond acceptors (Lipinski definition) is 2. The second-order valence-corrected chi connectivity index (χ2v) is 1.39. The van der Waals surface area contributed by atoms with Gasteiger partial charge >= 0.3 is 11.9 Å². The Labute approximate surface area is 76.9 Å². The third-order valence-electron chi connectivity index (χ3n) is 0.589. The van der Waals surface area contributed by atoms with Gasteiger partial charge in [-0.1, -0.05) is 12.2 Å². The van der Waals surface area contributed by atoms with Crippen molar-refractivity contribution in [2.45, 2.75) is 0 Å². The summed E-state index contributed by atoms with van der Waals surface area (Å²) in [6.07, 6.45) is 3.96. The summed E-state index contributed by atoms with van der Waals surface area (Å²) in [5, 5.41) is 16.0. The molecule has 0 aromatic rings. The summed E-state index contributed by atoms with van der Waals surface area (Å²) in [7, 11) is 0. The first-order valence-corrected chi connectivity index (χ1v) is 2.43. The molecule has 4 nitrogen and oxygen atoms in total. The maximum atomic E-state index is 9.78. The van der Waals surface area contributed by atoms with Crippen LogP contribution in [-0.2, 0) is 30.0 Å². The molecule has 0 rings (SSSR count). The van der Waals surface area contributed by atoms with E-state index in [0.29, 0.717) is 0 Å². The van der Waals surface area contributed by atoms with E-state index in [4.69, 9.17) is 10.2 Å². The fourth-order valence-corrected chi connectivity index (χ4v) is 0.276. The molecule has 0 atom stereocenters. The molecule has 11 heavy (non-hydrogen) atoms. The van der Waals surface area contributed by atoms with E-state index in [1.807, 2.05) is 0 Å². The molecule has 0 unspecified atom stereocenters. The number of rotatable bonds is 3. The molecule has 0 radical (unpaired) electrons. The van der Waals surface area contributed by atoms with Crippen molar-refractivity contribution in [2.24, 2.45) is 0 Å². The molecule has 0 aromatic heterocycles. The average molecular weight is 249 g/mol. The first kappa shape index (κ1) is 12.7. The zero-order valence-electron chi connectivity index (χ0n) is 5.34. The van der Waals surface area contributed by atoms with E-state index in [0.717, 1.165) is 24.3 Å². The Balaban J connectivity index is 0. The number of hydrogen-bond donors (Lipinski definition) is 2. The molecule has 0 heterocycles. The van der Waals surface area contributed by atoms with Crippen LogP contribution in [-0.4, -0.2) is 22.2 Å². The molecule has 0 bridgehead atoms. The smallest absolute Gasteiger partial charge is 0.328 e. The average Bonchev–Trinajstić information content (AvgIpc) is 1.79. The number of carbonyl (C=O) groups is 2. The van der Waals surface area contributed by atoms with Gasteiger partial charge in [-0.2, -0.15) is 0 Å². The molecule has 0 saturated heterocycles. The molecule has 2 N–H and O–H groups in total. The normalized spacial score (nSPS) is 9.82. The van der Waals surface area contributed by atoms with Crippen LogP contribution < -0.4 is 0 Å². The summed E-state index contributed by atoms with van der Waals surface area (Å²) in [4.78, 5) is 19.6. The zero-order valence-corrected chi connectivity index (χ0v) is 6.89. The van der Waals surface area contributed by atoms with Crippen LogP contribution in [0.4, 0.5) is 0 Å². The van der Waals surface area contributed by atoms with Gasteiger partial charge in [-0.15, -0.1) is 0 Å². The molecule has 0 aromatic carbocycles. The Hall–Kier alpha value is -0.918. The van der Waals surface area contributed by atoms with Crippen LogP contribution in [0, 0.1) is 0 Å². The SMILES string of the molecule is O=C(O)/C=C/C=C/C(=O)O.[Pd]. The van der Waals surface area contributed by atoms with Crippen LogP contribution in [0.25, 0.3) is 0 Å². The Morgan fingerprint density at radius 1 is 0.909 bits per heavy atom. The molecule has 0 aliphatic carbocycles. The Morgan fingerprint density at radius 3 is 1.36 bits per heavy atom. The standard InChI is InChI=1S/C6H6O4.Pd/c7-5(8)3-1-2-4-6(9)10;/h1-4H,(H,7,8)(H,9,10);/b3-1+,4-2+;. The molecule has 64 valence electrons. The first-order valence-electron chi connectivity index (χ1n) is 2.43. The monoisotopic (exact) mass is 248 g/mol. The molecular weight excluding hydrogens is 242 g/mol. The second kappa shape index (κ2) is 7.19. The van der Waals surface area contributed by atoms with Crippen molar-refractivity contribution in [1.82, 2.24) is 0 Å². The number of carboxylic acid groups (broad SMARTS) is 2. The molecular formula is C6H6O4Pd. The van der Waals surface area contributed by atoms with Gasteiger partial charge in [-0.05, 0) is 0 Å². The van der Waals surface area contributed by atoms with Crippen molar-refractivity contribution in [3.05, 3.63) is 24.3 Å². The van der Waals surface area contributed by atoms with Crippen LogP contribution >= 0.6 is 0 Å². The van der Waals surface area contributed by atoms with E-state index < -0.39 is 11.9 Å². The minimum atomic E-state index is -1.10. The summed E-state index contributed by atoms with van der Waals surface area (Å²) >= 11 is 0. The molecule has 0 spiro atoms. The fraction of sp³-hybridized carbons (Fsp3) is 0. The van der Waals surface area contributed by atoms with Crippen LogP contribution in [0.2, 0.25) is 0 Å². The summed E-state index contributed by atoms with van der Waals surface area (Å²) in [5.74, 6) is -2.20. The number of aliphatic carboxylic acids is 2. The third kappa shape index (κ3) is 12.3. The summed E-state index contributed by atoms with van der Waals surface area (Å²) < 4.78 is 0. The largest absolute Gasteiger partial charge is 0.478 e. The Morgan fingerprint density at radius 2 is 1.18 bits per heavy atom. The molecule has 0 amide bonds. The van der Waals surface area contributed by atoms with Gasteiger partial charge in [0.1, 0.15) is 0 Å². The van der Waals surface area contributed by atoms with Crippen molar-refractivity contribution in [3.8, 4) is 0 Å². The van der Waals surface area contributed by atoms with Gasteiger partial charge in [-0.3, -0.25) is 0 Å². The van der Waals surface area contributed by atoms with Crippen LogP contribution in [0.5, 0.6) is 0 Å². The van der Waals surface area contributed by atoms with Crippen LogP contribution in [0.3, 0.4) is 0 Å². The minimum Gasteiger partial charge on any atom is -0.478 e. The predicted octanol–water partition coefficient (Wildman–Crippen LogP) is 0.266. The minimum absolute atomic E-state index is 0. The van der Waals surface area contributed by atoms with Crippen LogP contribution in [0.15, 0.2) is 24.3 Å². The maximum absolute atomic E-state index is 9.78. The van der Waals surface area contributed by atoms with E-state index in [9.17, 15) is 9.59 Å². The Kier molecular flexibility index (Phi) is 8.32. The van der Waals surface area contributed by atoms with Crippen molar-refractivity contribution in [2.75, 3.05) is 0 Å². The van der Waals surface area contributed by atoms with Gasteiger partial charge in [-0.25, -0.2) is 9.59 Å². The summed E-state index contributed by atoms with van der Waals surface area (Å²) in [5.41, 5.74) is 0. The fourth-order valence-electron chi connectivity index (χ4n) is 0.276. The molecule has 0 fully saturated rings. The van der Waals surface area contributed by atoms with Gasteiger partial charge in [0.2, 0.25) is 0 Å². The van der Waals surface area contributed by atoms with Crippen molar-refractivity contribution in [3.63, 3.8) is 0 Å². The van der Waals surface area contributed by atoms with Crippen molar-refractivity contribution in [1.29, 1.82) is 0 Å². The van der Waals surface area contributed by atoms with Gasteiger partial charge in [0.05, 0.1) is 0 Å². The molecule has 5 heteroatoms. The number of carboxylic acids is 2. The zero-order chi connectivity index (χ0) is 7.98. The molecule has 0 aliphatic rings. The van der Waals surface area contributed by atoms with Gasteiger partial charge < -0.3 is 10.2 Å². The Bertz CT molecular complexity index is 173. The third-order valence-corrected chi connectivity index (χ3v) is 0.589. The predicted molar refractivity (Wildman–Crippen MR) is 33.6 cm³/mol. The van der Waals surface area contributed by atoms with Crippen molar-refractivity contribution < 1.29 is 40.2 Å². The topological polar surface area (TPSA) is 74.6 Å². The van der Waals surface area contributed by atoms with Crippen molar-refractivity contribution >= 4 is 11.9 Å². The van der Waals surface area contributed by atoms with E-state index in [1.165, 1.54) is 0 Å². The number of allylic oxidation sites excluding steroid dienone is 2. The molecule has 0 saturated carbocycles. The first-order chi connectivity index (χ1) is 4.63. The quantitative estimate of drug-likeness (QED) is 0.427. The molecule has 0 aliphatic heterocycles. The summed E-state index contributed by atoms with van der Waals surface area (Å²) in [6.45, 7) is 0. The van der Waals surface area contributed by atoms with E-state index in [2.05, 4.69) is 0 Å². The van der Waals surface area contributed by atoms with Gasteiger partial charge in [0.15, 0.2) is 0 Å². The van der Waals surface area contributed by atoms with Gasteiger partial charge in [0.25, 0.3) is 0 Å². The van der Waals surface area contributed by atoms with E-state index in [1.54, 1.807) is 0 Å². The maximum Gasteiger partial charge on any atom is 0.328 e. The van der Waals surface area contributed by atoms with Crippen LogP contribution in [0.1, 0.15) is 0 Å². The van der Waals surface area contributed by atoms with Gasteiger partial charge in [0, 0.05) is 32.6 Å². The second-order valence-electron chi connectivity index (χ2n) is 1.39. The van der Waals surface area contributed by atoms with E-state index >= 15 is 0 Å².